The van der Waals surface area contributed by atoms with E-state index in [1.165, 1.54) is 41.3 Å². The third-order valence-corrected chi connectivity index (χ3v) is 5.46. The number of rotatable bonds is 7. The molecule has 1 heterocycles. The minimum atomic E-state index is -0.543. The lowest BCUT2D eigenvalue weighted by Gasteiger charge is -2.05. The van der Waals surface area contributed by atoms with Crippen molar-refractivity contribution in [2.24, 2.45) is 0 Å². The van der Waals surface area contributed by atoms with Crippen molar-refractivity contribution >= 4 is 57.1 Å². The van der Waals surface area contributed by atoms with E-state index in [2.05, 4.69) is 20.8 Å². The molecule has 2 aromatic carbocycles. The molecule has 2 N–H and O–H groups in total. The average Bonchev–Trinajstić information content (AvgIpc) is 3.10. The van der Waals surface area contributed by atoms with E-state index in [0.717, 1.165) is 11.4 Å². The number of carbonyl (C=O) groups is 1. The SMILES string of the molecule is COc1cccc(Nc2nnc(SCC(=O)Nc3cc(Cl)ccc3F)s2)c1. The number of methoxy groups -OCH3 is 1. The Kier molecular flexibility index (Phi) is 6.49. The molecule has 0 fully saturated rings. The number of thioether (sulfide) groups is 1. The predicted molar refractivity (Wildman–Crippen MR) is 107 cm³/mol. The van der Waals surface area contributed by atoms with Gasteiger partial charge in [-0.1, -0.05) is 40.8 Å². The average molecular weight is 425 g/mol. The highest BCUT2D eigenvalue weighted by Crippen LogP contribution is 2.29. The van der Waals surface area contributed by atoms with Gasteiger partial charge in [0.1, 0.15) is 11.6 Å². The van der Waals surface area contributed by atoms with Gasteiger partial charge >= 0.3 is 0 Å². The molecule has 0 aliphatic carbocycles. The summed E-state index contributed by atoms with van der Waals surface area (Å²) in [4.78, 5) is 12.0. The second-order valence-electron chi connectivity index (χ2n) is 5.19. The summed E-state index contributed by atoms with van der Waals surface area (Å²) in [6.45, 7) is 0. The minimum Gasteiger partial charge on any atom is -0.497 e. The molecule has 0 radical (unpaired) electrons. The van der Waals surface area contributed by atoms with Crippen LogP contribution < -0.4 is 15.4 Å². The summed E-state index contributed by atoms with van der Waals surface area (Å²) < 4.78 is 19.4. The van der Waals surface area contributed by atoms with E-state index in [1.54, 1.807) is 7.11 Å². The number of hydrogen-bond acceptors (Lipinski definition) is 7. The number of nitrogens with one attached hydrogen (secondary N) is 2. The quantitative estimate of drug-likeness (QED) is 0.530. The summed E-state index contributed by atoms with van der Waals surface area (Å²) in [5.41, 5.74) is 0.863. The number of benzene rings is 2. The van der Waals surface area contributed by atoms with Crippen molar-refractivity contribution < 1.29 is 13.9 Å². The van der Waals surface area contributed by atoms with Crippen molar-refractivity contribution in [3.8, 4) is 5.75 Å². The maximum atomic E-state index is 13.6. The normalized spacial score (nSPS) is 10.5. The lowest BCUT2D eigenvalue weighted by atomic mass is 10.3. The van der Waals surface area contributed by atoms with Crippen molar-refractivity contribution in [2.45, 2.75) is 4.34 Å². The smallest absolute Gasteiger partial charge is 0.234 e. The number of nitrogens with zero attached hydrogens (tertiary/aromatic N) is 2. The molecular weight excluding hydrogens is 411 g/mol. The molecule has 6 nitrogen and oxygen atoms in total. The van der Waals surface area contributed by atoms with Crippen LogP contribution in [0.4, 0.5) is 20.9 Å². The lowest BCUT2D eigenvalue weighted by molar-refractivity contribution is -0.113. The molecule has 0 aliphatic rings. The van der Waals surface area contributed by atoms with Crippen molar-refractivity contribution in [3.63, 3.8) is 0 Å². The second-order valence-corrected chi connectivity index (χ2v) is 7.83. The van der Waals surface area contributed by atoms with Gasteiger partial charge in [0.05, 0.1) is 18.6 Å². The van der Waals surface area contributed by atoms with Gasteiger partial charge in [-0.3, -0.25) is 4.79 Å². The van der Waals surface area contributed by atoms with Crippen LogP contribution in [-0.4, -0.2) is 29.0 Å². The summed E-state index contributed by atoms with van der Waals surface area (Å²) >= 11 is 8.33. The van der Waals surface area contributed by atoms with E-state index in [-0.39, 0.29) is 17.3 Å². The Morgan fingerprint density at radius 2 is 2.15 bits per heavy atom. The van der Waals surface area contributed by atoms with Gasteiger partial charge in [-0.15, -0.1) is 10.2 Å². The molecule has 0 saturated heterocycles. The molecule has 1 aromatic heterocycles. The van der Waals surface area contributed by atoms with Gasteiger partial charge in [-0.05, 0) is 30.3 Å². The number of amides is 1. The largest absolute Gasteiger partial charge is 0.497 e. The zero-order valence-corrected chi connectivity index (χ0v) is 16.4. The van der Waals surface area contributed by atoms with Gasteiger partial charge in [0.25, 0.3) is 0 Å². The molecule has 27 heavy (non-hydrogen) atoms. The maximum Gasteiger partial charge on any atom is 0.234 e. The fourth-order valence-electron chi connectivity index (χ4n) is 2.05. The number of ether oxygens (including phenoxy) is 1. The van der Waals surface area contributed by atoms with Crippen molar-refractivity contribution in [2.75, 3.05) is 23.5 Å². The predicted octanol–water partition coefficient (Wildman–Crippen LogP) is 4.81. The Morgan fingerprint density at radius 3 is 2.96 bits per heavy atom. The van der Waals surface area contributed by atoms with Crippen LogP contribution in [0.5, 0.6) is 5.75 Å². The Bertz CT molecular complexity index is 954. The monoisotopic (exact) mass is 424 g/mol. The van der Waals surface area contributed by atoms with Gasteiger partial charge in [-0.25, -0.2) is 4.39 Å². The van der Waals surface area contributed by atoms with Crippen LogP contribution >= 0.6 is 34.7 Å². The highest BCUT2D eigenvalue weighted by Gasteiger charge is 2.11. The van der Waals surface area contributed by atoms with Crippen LogP contribution in [0.25, 0.3) is 0 Å². The molecule has 0 spiro atoms. The van der Waals surface area contributed by atoms with E-state index in [4.69, 9.17) is 16.3 Å². The number of anilines is 3. The first kappa shape index (κ1) is 19.4. The summed E-state index contributed by atoms with van der Waals surface area (Å²) in [6.07, 6.45) is 0. The number of aromatic nitrogens is 2. The lowest BCUT2D eigenvalue weighted by Crippen LogP contribution is -2.15. The number of hydrogen-bond donors (Lipinski definition) is 2. The molecular formula is C17H14ClFN4O2S2. The zero-order chi connectivity index (χ0) is 19.2. The highest BCUT2D eigenvalue weighted by molar-refractivity contribution is 8.01. The molecule has 0 saturated carbocycles. The van der Waals surface area contributed by atoms with Gasteiger partial charge in [-0.2, -0.15) is 0 Å². The molecule has 3 aromatic rings. The standard InChI is InChI=1S/C17H14ClFN4O2S2/c1-25-12-4-2-3-11(8-12)20-16-22-23-17(27-16)26-9-15(24)21-14-7-10(18)5-6-13(14)19/h2-8H,9H2,1H3,(H,20,22)(H,21,24). The third-order valence-electron chi connectivity index (χ3n) is 3.26. The van der Waals surface area contributed by atoms with E-state index >= 15 is 0 Å². The van der Waals surface area contributed by atoms with Crippen LogP contribution in [0.15, 0.2) is 46.8 Å². The summed E-state index contributed by atoms with van der Waals surface area (Å²) in [5, 5.41) is 14.6. The van der Waals surface area contributed by atoms with Gasteiger partial charge in [0, 0.05) is 16.8 Å². The molecule has 0 aliphatic heterocycles. The van der Waals surface area contributed by atoms with Crippen LogP contribution in [0.1, 0.15) is 0 Å². The summed E-state index contributed by atoms with van der Waals surface area (Å²) in [7, 11) is 1.60. The Hall–Kier alpha value is -2.36. The molecule has 3 rings (SSSR count). The summed E-state index contributed by atoms with van der Waals surface area (Å²) in [5.74, 6) is -0.110. The Morgan fingerprint density at radius 1 is 1.30 bits per heavy atom. The zero-order valence-electron chi connectivity index (χ0n) is 14.0. The number of carbonyl (C=O) groups excluding carboxylic acids is 1. The minimum absolute atomic E-state index is 0.0470. The van der Waals surface area contributed by atoms with Crippen LogP contribution in [0, 0.1) is 5.82 Å². The van der Waals surface area contributed by atoms with Crippen molar-refractivity contribution in [3.05, 3.63) is 53.3 Å². The highest BCUT2D eigenvalue weighted by atomic mass is 35.5. The van der Waals surface area contributed by atoms with Crippen LogP contribution in [-0.2, 0) is 4.79 Å². The van der Waals surface area contributed by atoms with Crippen LogP contribution in [0.2, 0.25) is 5.02 Å². The van der Waals surface area contributed by atoms with Gasteiger partial charge in [0.15, 0.2) is 4.34 Å². The summed E-state index contributed by atoms with van der Waals surface area (Å²) in [6, 6.07) is 11.4. The molecule has 0 unspecified atom stereocenters. The Balaban J connectivity index is 1.54. The van der Waals surface area contributed by atoms with E-state index in [9.17, 15) is 9.18 Å². The van der Waals surface area contributed by atoms with Crippen LogP contribution in [0.3, 0.4) is 0 Å². The fraction of sp³-hybridized carbons (Fsp3) is 0.118. The topological polar surface area (TPSA) is 76.1 Å². The first-order chi connectivity index (χ1) is 13.0. The molecule has 140 valence electrons. The van der Waals surface area contributed by atoms with E-state index in [1.807, 2.05) is 24.3 Å². The van der Waals surface area contributed by atoms with Crippen molar-refractivity contribution in [1.82, 2.24) is 10.2 Å². The van der Waals surface area contributed by atoms with Gasteiger partial charge in [0.2, 0.25) is 11.0 Å². The van der Waals surface area contributed by atoms with E-state index < -0.39 is 5.82 Å². The second kappa shape index (κ2) is 9.03. The third kappa shape index (κ3) is 5.56. The van der Waals surface area contributed by atoms with Crippen molar-refractivity contribution in [1.29, 1.82) is 0 Å². The molecule has 1 amide bonds. The fourth-order valence-corrected chi connectivity index (χ4v) is 3.79. The van der Waals surface area contributed by atoms with Gasteiger partial charge < -0.3 is 15.4 Å². The molecule has 0 atom stereocenters. The number of halogens is 2. The Labute approximate surface area is 168 Å². The maximum absolute atomic E-state index is 13.6. The molecule has 0 bridgehead atoms. The molecule has 10 heteroatoms. The first-order valence-corrected chi connectivity index (χ1v) is 9.84. The first-order valence-electron chi connectivity index (χ1n) is 7.66. The van der Waals surface area contributed by atoms with E-state index in [0.29, 0.717) is 14.5 Å².